The Labute approximate surface area is 117 Å². The maximum absolute atomic E-state index is 13.5. The number of hydrogen-bond donors (Lipinski definition) is 1. The third kappa shape index (κ3) is 1.98. The van der Waals surface area contributed by atoms with Gasteiger partial charge in [0.25, 0.3) is 0 Å². The molecule has 1 heterocycles. The zero-order valence-corrected chi connectivity index (χ0v) is 11.4. The summed E-state index contributed by atoms with van der Waals surface area (Å²) in [4.78, 5) is 0. The Morgan fingerprint density at radius 1 is 1.25 bits per heavy atom. The zero-order valence-electron chi connectivity index (χ0n) is 11.4. The van der Waals surface area contributed by atoms with E-state index in [9.17, 15) is 9.50 Å². The van der Waals surface area contributed by atoms with E-state index in [-0.39, 0.29) is 5.82 Å². The second-order valence-corrected chi connectivity index (χ2v) is 5.12. The first-order chi connectivity index (χ1) is 9.65. The van der Waals surface area contributed by atoms with Gasteiger partial charge in [-0.15, -0.1) is 0 Å². The smallest absolute Gasteiger partial charge is 0.129 e. The number of aliphatic hydroxyl groups is 1. The zero-order chi connectivity index (χ0) is 14.2. The fourth-order valence-corrected chi connectivity index (χ4v) is 2.84. The highest BCUT2D eigenvalue weighted by Gasteiger charge is 2.34. The predicted octanol–water partition coefficient (Wildman–Crippen LogP) is 3.41. The molecule has 1 aliphatic heterocycles. The normalized spacial score (nSPS) is 16.4. The quantitative estimate of drug-likeness (QED) is 0.928. The fourth-order valence-electron chi connectivity index (χ4n) is 2.84. The number of rotatable bonds is 3. The minimum atomic E-state index is -1.22. The molecule has 0 aliphatic carbocycles. The van der Waals surface area contributed by atoms with E-state index in [4.69, 9.17) is 4.74 Å². The molecule has 0 fully saturated rings. The van der Waals surface area contributed by atoms with Crippen LogP contribution in [-0.2, 0) is 12.0 Å². The van der Waals surface area contributed by atoms with Gasteiger partial charge in [-0.05, 0) is 29.7 Å². The Morgan fingerprint density at radius 2 is 2.05 bits per heavy atom. The standard InChI is InChI=1S/C17H17FO2/c1-2-17(19,13-6-4-7-14(18)11-13)15-8-3-5-12-9-10-20-16(12)15/h3-8,11,19H,2,9-10H2,1H3. The summed E-state index contributed by atoms with van der Waals surface area (Å²) < 4.78 is 19.2. The van der Waals surface area contributed by atoms with Gasteiger partial charge in [-0.2, -0.15) is 0 Å². The SMILES string of the molecule is CCC(O)(c1cccc(F)c1)c1cccc2c1OCC2. The highest BCUT2D eigenvalue weighted by atomic mass is 19.1. The van der Waals surface area contributed by atoms with E-state index in [1.165, 1.54) is 12.1 Å². The summed E-state index contributed by atoms with van der Waals surface area (Å²) in [5.74, 6) is 0.406. The topological polar surface area (TPSA) is 29.5 Å². The number of para-hydroxylation sites is 1. The van der Waals surface area contributed by atoms with Crippen LogP contribution in [0.3, 0.4) is 0 Å². The summed E-state index contributed by atoms with van der Waals surface area (Å²) in [6, 6.07) is 11.9. The first-order valence-electron chi connectivity index (χ1n) is 6.88. The second kappa shape index (κ2) is 4.91. The number of halogens is 1. The molecule has 0 saturated carbocycles. The van der Waals surface area contributed by atoms with Gasteiger partial charge in [0.05, 0.1) is 6.61 Å². The largest absolute Gasteiger partial charge is 0.493 e. The highest BCUT2D eigenvalue weighted by Crippen LogP contribution is 2.41. The van der Waals surface area contributed by atoms with Crippen LogP contribution in [0.5, 0.6) is 5.75 Å². The molecule has 0 amide bonds. The van der Waals surface area contributed by atoms with Crippen molar-refractivity contribution < 1.29 is 14.2 Å². The molecular formula is C17H17FO2. The van der Waals surface area contributed by atoms with Crippen molar-refractivity contribution >= 4 is 0 Å². The van der Waals surface area contributed by atoms with E-state index in [1.807, 2.05) is 25.1 Å². The van der Waals surface area contributed by atoms with Crippen LogP contribution in [0, 0.1) is 5.82 Å². The Morgan fingerprint density at radius 3 is 2.80 bits per heavy atom. The summed E-state index contributed by atoms with van der Waals surface area (Å²) in [5, 5.41) is 11.1. The molecule has 0 aromatic heterocycles. The van der Waals surface area contributed by atoms with Crippen molar-refractivity contribution in [3.8, 4) is 5.75 Å². The van der Waals surface area contributed by atoms with E-state index < -0.39 is 5.60 Å². The van der Waals surface area contributed by atoms with Gasteiger partial charge in [0.1, 0.15) is 17.2 Å². The fraction of sp³-hybridized carbons (Fsp3) is 0.294. The van der Waals surface area contributed by atoms with E-state index in [0.717, 1.165) is 23.3 Å². The van der Waals surface area contributed by atoms with Crippen molar-refractivity contribution in [3.63, 3.8) is 0 Å². The summed E-state index contributed by atoms with van der Waals surface area (Å²) in [5.41, 5.74) is 1.16. The van der Waals surface area contributed by atoms with Gasteiger partial charge in [0.2, 0.25) is 0 Å². The molecule has 3 heteroatoms. The van der Waals surface area contributed by atoms with E-state index in [2.05, 4.69) is 0 Å². The van der Waals surface area contributed by atoms with Crippen LogP contribution in [0.4, 0.5) is 4.39 Å². The maximum atomic E-state index is 13.5. The first-order valence-corrected chi connectivity index (χ1v) is 6.88. The van der Waals surface area contributed by atoms with E-state index in [0.29, 0.717) is 18.6 Å². The molecule has 3 rings (SSSR count). The number of ether oxygens (including phenoxy) is 1. The van der Waals surface area contributed by atoms with Gasteiger partial charge in [0, 0.05) is 12.0 Å². The van der Waals surface area contributed by atoms with Gasteiger partial charge < -0.3 is 9.84 Å². The van der Waals surface area contributed by atoms with Crippen LogP contribution >= 0.6 is 0 Å². The molecule has 0 spiro atoms. The van der Waals surface area contributed by atoms with Crippen LogP contribution in [0.1, 0.15) is 30.0 Å². The predicted molar refractivity (Wildman–Crippen MR) is 75.3 cm³/mol. The van der Waals surface area contributed by atoms with Crippen LogP contribution in [0.25, 0.3) is 0 Å². The maximum Gasteiger partial charge on any atom is 0.129 e. The molecule has 1 N–H and O–H groups in total. The average Bonchev–Trinajstić information content (AvgIpc) is 2.94. The van der Waals surface area contributed by atoms with Crippen molar-refractivity contribution in [2.24, 2.45) is 0 Å². The molecule has 20 heavy (non-hydrogen) atoms. The third-order valence-corrected chi connectivity index (χ3v) is 3.97. The molecule has 0 bridgehead atoms. The van der Waals surface area contributed by atoms with Crippen molar-refractivity contribution in [1.82, 2.24) is 0 Å². The number of benzene rings is 2. The molecular weight excluding hydrogens is 255 g/mol. The molecule has 104 valence electrons. The molecule has 1 aliphatic rings. The lowest BCUT2D eigenvalue weighted by atomic mass is 9.83. The summed E-state index contributed by atoms with van der Waals surface area (Å²) >= 11 is 0. The van der Waals surface area contributed by atoms with Crippen LogP contribution in [-0.4, -0.2) is 11.7 Å². The van der Waals surface area contributed by atoms with Crippen LogP contribution in [0.2, 0.25) is 0 Å². The van der Waals surface area contributed by atoms with Crippen LogP contribution in [0.15, 0.2) is 42.5 Å². The van der Waals surface area contributed by atoms with E-state index >= 15 is 0 Å². The summed E-state index contributed by atoms with van der Waals surface area (Å²) in [6.45, 7) is 2.52. The van der Waals surface area contributed by atoms with Gasteiger partial charge >= 0.3 is 0 Å². The minimum absolute atomic E-state index is 0.345. The lowest BCUT2D eigenvalue weighted by Gasteiger charge is -2.29. The number of fused-ring (bicyclic) bond motifs is 1. The molecule has 2 aromatic carbocycles. The van der Waals surface area contributed by atoms with Gasteiger partial charge in [-0.1, -0.05) is 37.3 Å². The van der Waals surface area contributed by atoms with Gasteiger partial charge in [-0.3, -0.25) is 0 Å². The van der Waals surface area contributed by atoms with Crippen molar-refractivity contribution in [3.05, 3.63) is 65.0 Å². The Bertz CT molecular complexity index is 639. The van der Waals surface area contributed by atoms with Crippen LogP contribution < -0.4 is 4.74 Å². The van der Waals surface area contributed by atoms with E-state index in [1.54, 1.807) is 12.1 Å². The Kier molecular flexibility index (Phi) is 3.22. The first kappa shape index (κ1) is 13.1. The average molecular weight is 272 g/mol. The monoisotopic (exact) mass is 272 g/mol. The lowest BCUT2D eigenvalue weighted by molar-refractivity contribution is 0.0732. The molecule has 2 aromatic rings. The van der Waals surface area contributed by atoms with Crippen molar-refractivity contribution in [2.75, 3.05) is 6.61 Å². The molecule has 1 unspecified atom stereocenters. The highest BCUT2D eigenvalue weighted by molar-refractivity contribution is 5.50. The Hall–Kier alpha value is -1.87. The summed E-state index contributed by atoms with van der Waals surface area (Å²) in [6.07, 6.45) is 1.31. The van der Waals surface area contributed by atoms with Crippen molar-refractivity contribution in [1.29, 1.82) is 0 Å². The second-order valence-electron chi connectivity index (χ2n) is 5.12. The lowest BCUT2D eigenvalue weighted by Crippen LogP contribution is -2.27. The molecule has 1 atom stereocenters. The molecule has 0 radical (unpaired) electrons. The minimum Gasteiger partial charge on any atom is -0.493 e. The van der Waals surface area contributed by atoms with Crippen molar-refractivity contribution in [2.45, 2.75) is 25.4 Å². The third-order valence-electron chi connectivity index (χ3n) is 3.97. The Balaban J connectivity index is 2.16. The number of hydrogen-bond acceptors (Lipinski definition) is 2. The summed E-state index contributed by atoms with van der Waals surface area (Å²) in [7, 11) is 0. The molecule has 2 nitrogen and oxygen atoms in total. The molecule has 0 saturated heterocycles. The van der Waals surface area contributed by atoms with Gasteiger partial charge in [0.15, 0.2) is 0 Å². The van der Waals surface area contributed by atoms with Gasteiger partial charge in [-0.25, -0.2) is 4.39 Å².